The first-order chi connectivity index (χ1) is 6.27. The monoisotopic (exact) mass is 225 g/mol. The molecule has 1 aliphatic heterocycles. The molecule has 0 aliphatic carbocycles. The second-order valence-electron chi connectivity index (χ2n) is 2.70. The van der Waals surface area contributed by atoms with Gasteiger partial charge in [-0.3, -0.25) is 0 Å². The van der Waals surface area contributed by atoms with E-state index in [1.54, 1.807) is 0 Å². The molecule has 1 aromatic carbocycles. The SMILES string of the molecule is S=C1NC(c2ccccc2)C(=S)S1. The van der Waals surface area contributed by atoms with Crippen molar-refractivity contribution in [2.24, 2.45) is 0 Å². The molecular formula is C9H7NS3. The van der Waals surface area contributed by atoms with Gasteiger partial charge in [0.25, 0.3) is 0 Å². The Morgan fingerprint density at radius 3 is 2.38 bits per heavy atom. The van der Waals surface area contributed by atoms with Crippen LogP contribution >= 0.6 is 36.2 Å². The Morgan fingerprint density at radius 2 is 1.85 bits per heavy atom. The van der Waals surface area contributed by atoms with Crippen LogP contribution in [0.1, 0.15) is 11.6 Å². The molecule has 0 radical (unpaired) electrons. The van der Waals surface area contributed by atoms with E-state index < -0.39 is 0 Å². The van der Waals surface area contributed by atoms with Gasteiger partial charge in [-0.15, -0.1) is 0 Å². The lowest BCUT2D eigenvalue weighted by molar-refractivity contribution is 0.881. The molecule has 0 amide bonds. The molecule has 1 unspecified atom stereocenters. The molecule has 1 atom stereocenters. The van der Waals surface area contributed by atoms with Gasteiger partial charge in [0.1, 0.15) is 4.32 Å². The minimum Gasteiger partial charge on any atom is -0.358 e. The zero-order chi connectivity index (χ0) is 9.26. The molecule has 1 aliphatic rings. The lowest BCUT2D eigenvalue weighted by Crippen LogP contribution is -2.18. The van der Waals surface area contributed by atoms with Crippen LogP contribution in [-0.4, -0.2) is 8.52 Å². The summed E-state index contributed by atoms with van der Waals surface area (Å²) in [6, 6.07) is 10.2. The Labute approximate surface area is 91.9 Å². The van der Waals surface area contributed by atoms with Gasteiger partial charge in [0.2, 0.25) is 0 Å². The van der Waals surface area contributed by atoms with Gasteiger partial charge in [0.05, 0.1) is 10.2 Å². The summed E-state index contributed by atoms with van der Waals surface area (Å²) in [7, 11) is 0. The van der Waals surface area contributed by atoms with Gasteiger partial charge in [-0.1, -0.05) is 66.5 Å². The Morgan fingerprint density at radius 1 is 1.15 bits per heavy atom. The lowest BCUT2D eigenvalue weighted by Gasteiger charge is -2.09. The van der Waals surface area contributed by atoms with E-state index in [-0.39, 0.29) is 6.04 Å². The van der Waals surface area contributed by atoms with E-state index in [1.165, 1.54) is 17.3 Å². The number of benzene rings is 1. The van der Waals surface area contributed by atoms with Crippen molar-refractivity contribution in [1.82, 2.24) is 5.32 Å². The minimum atomic E-state index is 0.119. The highest BCUT2D eigenvalue weighted by molar-refractivity contribution is 8.38. The van der Waals surface area contributed by atoms with E-state index in [0.29, 0.717) is 0 Å². The normalized spacial score (nSPS) is 21.7. The number of nitrogens with one attached hydrogen (secondary N) is 1. The van der Waals surface area contributed by atoms with Gasteiger partial charge < -0.3 is 5.32 Å². The Balaban J connectivity index is 2.28. The van der Waals surface area contributed by atoms with Gasteiger partial charge in [-0.25, -0.2) is 0 Å². The van der Waals surface area contributed by atoms with Crippen LogP contribution in [0, 0.1) is 0 Å². The summed E-state index contributed by atoms with van der Waals surface area (Å²) in [5.41, 5.74) is 1.18. The summed E-state index contributed by atoms with van der Waals surface area (Å²) in [4.78, 5) is 0. The zero-order valence-electron chi connectivity index (χ0n) is 6.69. The maximum absolute atomic E-state index is 5.21. The van der Waals surface area contributed by atoms with Crippen molar-refractivity contribution in [1.29, 1.82) is 0 Å². The Hall–Kier alpha value is -0.450. The molecule has 1 nitrogen and oxygen atoms in total. The highest BCUT2D eigenvalue weighted by atomic mass is 32.2. The third-order valence-electron chi connectivity index (χ3n) is 1.82. The predicted octanol–water partition coefficient (Wildman–Crippen LogP) is 2.68. The predicted molar refractivity (Wildman–Crippen MR) is 65.1 cm³/mol. The first-order valence-electron chi connectivity index (χ1n) is 3.84. The summed E-state index contributed by atoms with van der Waals surface area (Å²) in [5.74, 6) is 0. The smallest absolute Gasteiger partial charge is 0.139 e. The van der Waals surface area contributed by atoms with Gasteiger partial charge in [-0.05, 0) is 5.56 Å². The van der Waals surface area contributed by atoms with Gasteiger partial charge in [0, 0.05) is 0 Å². The molecule has 1 saturated heterocycles. The van der Waals surface area contributed by atoms with Gasteiger partial charge in [0.15, 0.2) is 0 Å². The van der Waals surface area contributed by atoms with Crippen LogP contribution in [0.4, 0.5) is 0 Å². The van der Waals surface area contributed by atoms with Crippen molar-refractivity contribution < 1.29 is 0 Å². The molecule has 1 heterocycles. The second kappa shape index (κ2) is 3.74. The topological polar surface area (TPSA) is 12.0 Å². The van der Waals surface area contributed by atoms with E-state index in [4.69, 9.17) is 24.4 Å². The first kappa shape index (κ1) is 9.12. The zero-order valence-corrected chi connectivity index (χ0v) is 9.14. The van der Waals surface area contributed by atoms with Crippen molar-refractivity contribution in [3.05, 3.63) is 35.9 Å². The lowest BCUT2D eigenvalue weighted by atomic mass is 10.1. The fourth-order valence-corrected chi connectivity index (χ4v) is 2.88. The molecule has 2 rings (SSSR count). The maximum atomic E-state index is 5.21. The van der Waals surface area contributed by atoms with E-state index in [1.807, 2.05) is 18.2 Å². The highest BCUT2D eigenvalue weighted by Crippen LogP contribution is 2.28. The number of hydrogen-bond donors (Lipinski definition) is 1. The van der Waals surface area contributed by atoms with Crippen LogP contribution < -0.4 is 5.32 Å². The molecule has 0 saturated carbocycles. The number of thiocarbonyl (C=S) groups is 2. The molecule has 1 fully saturated rings. The van der Waals surface area contributed by atoms with Crippen LogP contribution in [0.5, 0.6) is 0 Å². The van der Waals surface area contributed by atoms with Crippen molar-refractivity contribution in [3.8, 4) is 0 Å². The molecule has 13 heavy (non-hydrogen) atoms. The fraction of sp³-hybridized carbons (Fsp3) is 0.111. The number of thioether (sulfide) groups is 1. The van der Waals surface area contributed by atoms with E-state index in [2.05, 4.69) is 17.4 Å². The molecule has 0 aromatic heterocycles. The van der Waals surface area contributed by atoms with Gasteiger partial charge in [-0.2, -0.15) is 0 Å². The van der Waals surface area contributed by atoms with E-state index in [9.17, 15) is 0 Å². The quantitative estimate of drug-likeness (QED) is 0.737. The van der Waals surface area contributed by atoms with E-state index in [0.717, 1.165) is 8.52 Å². The van der Waals surface area contributed by atoms with Gasteiger partial charge >= 0.3 is 0 Å². The Bertz CT molecular complexity index is 347. The molecule has 1 N–H and O–H groups in total. The Kier molecular flexibility index (Phi) is 2.62. The third kappa shape index (κ3) is 1.90. The standard InChI is InChI=1S/C9H7NS3/c11-8-7(10-9(12)13-8)6-4-2-1-3-5-6/h1-5,7H,(H,10,12). The largest absolute Gasteiger partial charge is 0.358 e. The van der Waals surface area contributed by atoms with Crippen LogP contribution in [0.15, 0.2) is 30.3 Å². The molecule has 66 valence electrons. The summed E-state index contributed by atoms with van der Waals surface area (Å²) in [6.45, 7) is 0. The third-order valence-corrected chi connectivity index (χ3v) is 3.42. The van der Waals surface area contributed by atoms with Crippen LogP contribution in [0.2, 0.25) is 0 Å². The summed E-state index contributed by atoms with van der Waals surface area (Å²) in [6.07, 6.45) is 0. The first-order valence-corrected chi connectivity index (χ1v) is 5.48. The fourth-order valence-electron chi connectivity index (χ4n) is 1.22. The second-order valence-corrected chi connectivity index (χ2v) is 5.11. The van der Waals surface area contributed by atoms with Crippen LogP contribution in [0.3, 0.4) is 0 Å². The number of rotatable bonds is 1. The van der Waals surface area contributed by atoms with Crippen LogP contribution in [-0.2, 0) is 0 Å². The number of hydrogen-bond acceptors (Lipinski definition) is 3. The van der Waals surface area contributed by atoms with Crippen molar-refractivity contribution >= 4 is 44.7 Å². The molecule has 0 spiro atoms. The summed E-state index contributed by atoms with van der Waals surface area (Å²) < 4.78 is 1.69. The van der Waals surface area contributed by atoms with E-state index >= 15 is 0 Å². The molecule has 1 aromatic rings. The summed E-state index contributed by atoms with van der Waals surface area (Å²) >= 11 is 11.7. The van der Waals surface area contributed by atoms with Crippen molar-refractivity contribution in [3.63, 3.8) is 0 Å². The molecule has 4 heteroatoms. The summed E-state index contributed by atoms with van der Waals surface area (Å²) in [5, 5.41) is 3.17. The van der Waals surface area contributed by atoms with Crippen LogP contribution in [0.25, 0.3) is 0 Å². The minimum absolute atomic E-state index is 0.119. The average Bonchev–Trinajstić information content (AvgIpc) is 2.47. The van der Waals surface area contributed by atoms with Crippen molar-refractivity contribution in [2.75, 3.05) is 0 Å². The van der Waals surface area contributed by atoms with Crippen molar-refractivity contribution in [2.45, 2.75) is 6.04 Å². The molecular weight excluding hydrogens is 218 g/mol. The maximum Gasteiger partial charge on any atom is 0.139 e. The highest BCUT2D eigenvalue weighted by Gasteiger charge is 2.25. The average molecular weight is 225 g/mol. The molecule has 0 bridgehead atoms.